The summed E-state index contributed by atoms with van der Waals surface area (Å²) in [6.07, 6.45) is 3.11. The number of hydrogen-bond acceptors (Lipinski definition) is 2. The smallest absolute Gasteiger partial charge is 0.303 e. The fourth-order valence-electron chi connectivity index (χ4n) is 3.93. The maximum atomic E-state index is 11.1. The van der Waals surface area contributed by atoms with Gasteiger partial charge in [0.15, 0.2) is 0 Å². The molecule has 0 aliphatic heterocycles. The standard InChI is InChI=1S/C13H24O2/c1-10(14)15-13(6)8-11(2,3)7-12(4,5)9-13/h7-9H2,1-6H3. The van der Waals surface area contributed by atoms with Crippen LogP contribution < -0.4 is 0 Å². The number of ether oxygens (including phenoxy) is 1. The highest BCUT2D eigenvalue weighted by atomic mass is 16.6. The molecule has 2 heteroatoms. The van der Waals surface area contributed by atoms with Crippen LogP contribution in [-0.4, -0.2) is 11.6 Å². The summed E-state index contributed by atoms with van der Waals surface area (Å²) in [6.45, 7) is 12.6. The predicted octanol–water partition coefficient (Wildman–Crippen LogP) is 3.54. The van der Waals surface area contributed by atoms with E-state index in [4.69, 9.17) is 4.74 Å². The van der Waals surface area contributed by atoms with E-state index in [-0.39, 0.29) is 22.4 Å². The van der Waals surface area contributed by atoms with Gasteiger partial charge >= 0.3 is 5.97 Å². The molecule has 0 spiro atoms. The van der Waals surface area contributed by atoms with Crippen molar-refractivity contribution in [2.45, 2.75) is 66.4 Å². The minimum atomic E-state index is -0.281. The minimum absolute atomic E-state index is 0.161. The second-order valence-electron chi connectivity index (χ2n) is 6.90. The Labute approximate surface area is 93.4 Å². The van der Waals surface area contributed by atoms with Gasteiger partial charge in [0.2, 0.25) is 0 Å². The molecule has 0 radical (unpaired) electrons. The van der Waals surface area contributed by atoms with E-state index < -0.39 is 0 Å². The molecule has 0 aromatic heterocycles. The zero-order chi connectivity index (χ0) is 11.9. The van der Waals surface area contributed by atoms with Crippen molar-refractivity contribution in [1.82, 2.24) is 0 Å². The van der Waals surface area contributed by atoms with E-state index >= 15 is 0 Å². The maximum absolute atomic E-state index is 11.1. The van der Waals surface area contributed by atoms with Crippen LogP contribution in [-0.2, 0) is 9.53 Å². The Hall–Kier alpha value is -0.530. The number of hydrogen-bond donors (Lipinski definition) is 0. The Morgan fingerprint density at radius 3 is 1.67 bits per heavy atom. The minimum Gasteiger partial charge on any atom is -0.460 e. The van der Waals surface area contributed by atoms with Crippen molar-refractivity contribution in [3.8, 4) is 0 Å². The summed E-state index contributed by atoms with van der Waals surface area (Å²) in [5.74, 6) is -0.161. The monoisotopic (exact) mass is 212 g/mol. The summed E-state index contributed by atoms with van der Waals surface area (Å²) >= 11 is 0. The summed E-state index contributed by atoms with van der Waals surface area (Å²) in [5.41, 5.74) is 0.231. The van der Waals surface area contributed by atoms with Crippen LogP contribution in [0.25, 0.3) is 0 Å². The third-order valence-corrected chi connectivity index (χ3v) is 3.05. The lowest BCUT2D eigenvalue weighted by Gasteiger charge is -2.49. The van der Waals surface area contributed by atoms with Gasteiger partial charge in [-0.2, -0.15) is 0 Å². The van der Waals surface area contributed by atoms with Gasteiger partial charge in [-0.25, -0.2) is 0 Å². The molecule has 2 nitrogen and oxygen atoms in total. The van der Waals surface area contributed by atoms with E-state index in [1.807, 2.05) is 0 Å². The molecule has 1 rings (SSSR count). The summed E-state index contributed by atoms with van der Waals surface area (Å²) < 4.78 is 5.51. The van der Waals surface area contributed by atoms with Crippen LogP contribution in [0.3, 0.4) is 0 Å². The molecule has 88 valence electrons. The fourth-order valence-corrected chi connectivity index (χ4v) is 3.93. The lowest BCUT2D eigenvalue weighted by molar-refractivity contribution is -0.168. The van der Waals surface area contributed by atoms with Gasteiger partial charge in [0, 0.05) is 6.92 Å². The molecule has 1 fully saturated rings. The molecular formula is C13H24O2. The molecule has 1 aliphatic rings. The van der Waals surface area contributed by atoms with Gasteiger partial charge in [-0.15, -0.1) is 0 Å². The average molecular weight is 212 g/mol. The Bertz CT molecular complexity index is 248. The molecule has 0 heterocycles. The van der Waals surface area contributed by atoms with Gasteiger partial charge in [-0.05, 0) is 37.0 Å². The van der Waals surface area contributed by atoms with Gasteiger partial charge < -0.3 is 4.74 Å². The van der Waals surface area contributed by atoms with Crippen molar-refractivity contribution in [3.63, 3.8) is 0 Å². The van der Waals surface area contributed by atoms with E-state index in [2.05, 4.69) is 34.6 Å². The second-order valence-corrected chi connectivity index (χ2v) is 6.90. The first-order valence-corrected chi connectivity index (χ1v) is 5.73. The van der Waals surface area contributed by atoms with Gasteiger partial charge in [0.05, 0.1) is 0 Å². The summed E-state index contributed by atoms with van der Waals surface area (Å²) in [7, 11) is 0. The van der Waals surface area contributed by atoms with Gasteiger partial charge in [0.1, 0.15) is 5.60 Å². The topological polar surface area (TPSA) is 26.3 Å². The number of rotatable bonds is 1. The van der Waals surface area contributed by atoms with Crippen LogP contribution >= 0.6 is 0 Å². The first kappa shape index (κ1) is 12.5. The van der Waals surface area contributed by atoms with E-state index in [0.29, 0.717) is 0 Å². The highest BCUT2D eigenvalue weighted by Crippen LogP contribution is 2.51. The van der Waals surface area contributed by atoms with E-state index in [0.717, 1.165) is 12.8 Å². The fraction of sp³-hybridized carbons (Fsp3) is 0.923. The third-order valence-electron chi connectivity index (χ3n) is 3.05. The maximum Gasteiger partial charge on any atom is 0.303 e. The zero-order valence-corrected chi connectivity index (χ0v) is 10.9. The molecule has 1 aliphatic carbocycles. The Morgan fingerprint density at radius 2 is 1.33 bits per heavy atom. The second kappa shape index (κ2) is 3.50. The zero-order valence-electron chi connectivity index (χ0n) is 10.9. The SMILES string of the molecule is CC(=O)OC1(C)CC(C)(C)CC(C)(C)C1. The molecule has 15 heavy (non-hydrogen) atoms. The Balaban J connectivity index is 2.86. The van der Waals surface area contributed by atoms with E-state index in [1.165, 1.54) is 13.3 Å². The highest BCUT2D eigenvalue weighted by molar-refractivity contribution is 5.66. The highest BCUT2D eigenvalue weighted by Gasteiger charge is 2.46. The molecular weight excluding hydrogens is 188 g/mol. The molecule has 0 unspecified atom stereocenters. The van der Waals surface area contributed by atoms with Crippen molar-refractivity contribution in [2.24, 2.45) is 10.8 Å². The Morgan fingerprint density at radius 1 is 0.933 bits per heavy atom. The van der Waals surface area contributed by atoms with E-state index in [1.54, 1.807) is 0 Å². The largest absolute Gasteiger partial charge is 0.460 e. The van der Waals surface area contributed by atoms with Crippen molar-refractivity contribution >= 4 is 5.97 Å². The third kappa shape index (κ3) is 3.51. The Kier molecular flexibility index (Phi) is 2.92. The van der Waals surface area contributed by atoms with Crippen LogP contribution in [0, 0.1) is 10.8 Å². The molecule has 0 bridgehead atoms. The van der Waals surface area contributed by atoms with Crippen molar-refractivity contribution in [3.05, 3.63) is 0 Å². The lowest BCUT2D eigenvalue weighted by atomic mass is 9.60. The van der Waals surface area contributed by atoms with Gasteiger partial charge in [0.25, 0.3) is 0 Å². The molecule has 0 atom stereocenters. The first-order chi connectivity index (χ1) is 6.54. The van der Waals surface area contributed by atoms with Crippen molar-refractivity contribution < 1.29 is 9.53 Å². The van der Waals surface area contributed by atoms with Crippen LogP contribution in [0.2, 0.25) is 0 Å². The van der Waals surface area contributed by atoms with Crippen molar-refractivity contribution in [1.29, 1.82) is 0 Å². The van der Waals surface area contributed by atoms with Crippen LogP contribution in [0.4, 0.5) is 0 Å². The molecule has 0 amide bonds. The quantitative estimate of drug-likeness (QED) is 0.621. The van der Waals surface area contributed by atoms with Crippen LogP contribution in [0.15, 0.2) is 0 Å². The molecule has 0 N–H and O–H groups in total. The van der Waals surface area contributed by atoms with Crippen molar-refractivity contribution in [2.75, 3.05) is 0 Å². The average Bonchev–Trinajstić information content (AvgIpc) is 1.70. The number of esters is 1. The van der Waals surface area contributed by atoms with E-state index in [9.17, 15) is 4.79 Å². The summed E-state index contributed by atoms with van der Waals surface area (Å²) in [5, 5.41) is 0. The molecule has 0 aromatic carbocycles. The first-order valence-electron chi connectivity index (χ1n) is 5.73. The molecule has 0 saturated heterocycles. The predicted molar refractivity (Wildman–Crippen MR) is 61.6 cm³/mol. The molecule has 0 aromatic rings. The van der Waals surface area contributed by atoms with Gasteiger partial charge in [-0.1, -0.05) is 27.7 Å². The number of carbonyl (C=O) groups excluding carboxylic acids is 1. The number of carbonyl (C=O) groups is 1. The van der Waals surface area contributed by atoms with Crippen LogP contribution in [0.5, 0.6) is 0 Å². The van der Waals surface area contributed by atoms with Crippen LogP contribution in [0.1, 0.15) is 60.8 Å². The van der Waals surface area contributed by atoms with Gasteiger partial charge in [-0.3, -0.25) is 4.79 Å². The summed E-state index contributed by atoms with van der Waals surface area (Å²) in [6, 6.07) is 0. The molecule has 1 saturated carbocycles. The summed E-state index contributed by atoms with van der Waals surface area (Å²) in [4.78, 5) is 11.1. The lowest BCUT2D eigenvalue weighted by Crippen LogP contribution is -2.46. The normalized spacial score (nSPS) is 27.1.